The molecular weight excluding hydrogens is 586 g/mol. The Labute approximate surface area is 266 Å². The number of anilines is 2. The zero-order valence-electron chi connectivity index (χ0n) is 25.6. The second-order valence-corrected chi connectivity index (χ2v) is 12.0. The van der Waals surface area contributed by atoms with E-state index in [4.69, 9.17) is 20.4 Å². The Kier molecular flexibility index (Phi) is 8.58. The third-order valence-corrected chi connectivity index (χ3v) is 8.92. The van der Waals surface area contributed by atoms with E-state index in [9.17, 15) is 10.2 Å². The lowest BCUT2D eigenvalue weighted by Crippen LogP contribution is -2.33. The Balaban J connectivity index is 1.23. The number of tetrazole rings is 1. The van der Waals surface area contributed by atoms with Crippen LogP contribution in [0.4, 0.5) is 11.8 Å². The van der Waals surface area contributed by atoms with Crippen LogP contribution in [0.25, 0.3) is 11.2 Å². The SMILES string of the molecule is CCn1nnc(C2OC(n3cnc4c(NCC(c5ccccc5)c5ccccc5)nc(NC5CCC(N)CC5)nc43)C(O)C2O)n1. The first-order valence-corrected chi connectivity index (χ1v) is 15.9. The molecule has 4 atom stereocenters. The van der Waals surface area contributed by atoms with Crippen LogP contribution in [0.5, 0.6) is 0 Å². The number of hydrogen-bond acceptors (Lipinski definition) is 12. The Morgan fingerprint density at radius 1 is 0.957 bits per heavy atom. The maximum Gasteiger partial charge on any atom is 0.227 e. The molecule has 1 aliphatic heterocycles. The minimum atomic E-state index is -1.29. The Hall–Kier alpha value is -4.50. The van der Waals surface area contributed by atoms with E-state index >= 15 is 0 Å². The van der Waals surface area contributed by atoms with Gasteiger partial charge in [-0.3, -0.25) is 4.57 Å². The van der Waals surface area contributed by atoms with Crippen molar-refractivity contribution in [2.45, 2.75) is 81.7 Å². The van der Waals surface area contributed by atoms with E-state index in [0.717, 1.165) is 25.7 Å². The fourth-order valence-corrected chi connectivity index (χ4v) is 6.34. The van der Waals surface area contributed by atoms with Crippen LogP contribution in [0.1, 0.15) is 67.8 Å². The number of nitrogens with two attached hydrogens (primary N) is 1. The van der Waals surface area contributed by atoms with Gasteiger partial charge in [0.2, 0.25) is 11.8 Å². The molecule has 1 aliphatic carbocycles. The summed E-state index contributed by atoms with van der Waals surface area (Å²) in [6, 6.07) is 21.1. The molecule has 14 nitrogen and oxygen atoms in total. The van der Waals surface area contributed by atoms with Gasteiger partial charge < -0.3 is 31.3 Å². The lowest BCUT2D eigenvalue weighted by Gasteiger charge is -2.27. The molecule has 1 saturated carbocycles. The average Bonchev–Trinajstić information content (AvgIpc) is 3.81. The summed E-state index contributed by atoms with van der Waals surface area (Å²) in [6.45, 7) is 2.94. The van der Waals surface area contributed by atoms with Gasteiger partial charge in [0.05, 0.1) is 12.9 Å². The highest BCUT2D eigenvalue weighted by Gasteiger charge is 2.47. The number of hydrogen-bond donors (Lipinski definition) is 5. The van der Waals surface area contributed by atoms with Crippen LogP contribution in [0.15, 0.2) is 67.0 Å². The number of fused-ring (bicyclic) bond motifs is 1. The lowest BCUT2D eigenvalue weighted by molar-refractivity contribution is -0.0384. The number of aryl methyl sites for hydroxylation is 1. The molecule has 1 saturated heterocycles. The second kappa shape index (κ2) is 13.1. The molecule has 2 aliphatic rings. The summed E-state index contributed by atoms with van der Waals surface area (Å²) in [4.78, 5) is 15.8. The number of aliphatic hydroxyl groups excluding tert-OH is 2. The minimum absolute atomic E-state index is 0.0469. The first kappa shape index (κ1) is 30.2. The van der Waals surface area contributed by atoms with E-state index in [1.54, 1.807) is 10.9 Å². The molecule has 0 bridgehead atoms. The van der Waals surface area contributed by atoms with Gasteiger partial charge in [-0.05, 0) is 48.9 Å². The highest BCUT2D eigenvalue weighted by atomic mass is 16.6. The number of ether oxygens (including phenoxy) is 1. The highest BCUT2D eigenvalue weighted by Crippen LogP contribution is 2.39. The Morgan fingerprint density at radius 2 is 1.65 bits per heavy atom. The summed E-state index contributed by atoms with van der Waals surface area (Å²) in [5.74, 6) is 1.23. The summed E-state index contributed by atoms with van der Waals surface area (Å²) < 4.78 is 7.80. The van der Waals surface area contributed by atoms with Gasteiger partial charge in [-0.1, -0.05) is 60.7 Å². The number of rotatable bonds is 10. The largest absolute Gasteiger partial charge is 0.387 e. The summed E-state index contributed by atoms with van der Waals surface area (Å²) in [5.41, 5.74) is 9.47. The fourth-order valence-electron chi connectivity index (χ4n) is 6.34. The first-order chi connectivity index (χ1) is 22.5. The average molecular weight is 626 g/mol. The number of nitrogens with one attached hydrogen (secondary N) is 2. The standard InChI is InChI=1S/C32H39N11O3/c1-2-43-40-29(39-41-43)27-25(44)26(45)31(46-27)42-18-35-24-28(37-32(38-30(24)42)36-22-15-13-21(33)14-16-22)34-17-23(19-9-5-3-6-10-19)20-11-7-4-8-12-20/h3-12,18,21-23,25-27,31,44-45H,2,13-17,33H2,1H3,(H2,34,36,37,38). The molecule has 0 amide bonds. The van der Waals surface area contributed by atoms with Crippen molar-refractivity contribution in [3.63, 3.8) is 0 Å². The molecule has 7 rings (SSSR count). The van der Waals surface area contributed by atoms with E-state index in [-0.39, 0.29) is 23.8 Å². The summed E-state index contributed by atoms with van der Waals surface area (Å²) in [5, 5.41) is 41.5. The molecule has 3 aromatic heterocycles. The Bertz CT molecular complexity index is 1700. The molecular formula is C32H39N11O3. The maximum absolute atomic E-state index is 11.1. The maximum atomic E-state index is 11.1. The van der Waals surface area contributed by atoms with Gasteiger partial charge in [0.1, 0.15) is 12.2 Å². The second-order valence-electron chi connectivity index (χ2n) is 12.0. The van der Waals surface area contributed by atoms with Crippen LogP contribution in [-0.2, 0) is 11.3 Å². The molecule has 0 radical (unpaired) electrons. The molecule has 46 heavy (non-hydrogen) atoms. The molecule has 240 valence electrons. The van der Waals surface area contributed by atoms with Gasteiger partial charge >= 0.3 is 0 Å². The molecule has 0 spiro atoms. The van der Waals surface area contributed by atoms with Crippen LogP contribution >= 0.6 is 0 Å². The van der Waals surface area contributed by atoms with Crippen LogP contribution in [0.2, 0.25) is 0 Å². The summed E-state index contributed by atoms with van der Waals surface area (Å²) in [6.07, 6.45) is 0.697. The molecule has 2 fully saturated rings. The third kappa shape index (κ3) is 6.03. The van der Waals surface area contributed by atoms with Crippen LogP contribution < -0.4 is 16.4 Å². The van der Waals surface area contributed by atoms with Crippen molar-refractivity contribution in [1.82, 2.24) is 39.7 Å². The number of aliphatic hydroxyl groups is 2. The van der Waals surface area contributed by atoms with Gasteiger partial charge in [-0.25, -0.2) is 4.98 Å². The minimum Gasteiger partial charge on any atom is -0.387 e. The van der Waals surface area contributed by atoms with E-state index < -0.39 is 24.5 Å². The molecule has 6 N–H and O–H groups in total. The lowest BCUT2D eigenvalue weighted by atomic mass is 9.91. The quantitative estimate of drug-likeness (QED) is 0.153. The topological polar surface area (TPSA) is 187 Å². The molecule has 14 heteroatoms. The Morgan fingerprint density at radius 3 is 2.30 bits per heavy atom. The van der Waals surface area contributed by atoms with Gasteiger partial charge in [0.25, 0.3) is 0 Å². The summed E-state index contributed by atoms with van der Waals surface area (Å²) >= 11 is 0. The van der Waals surface area contributed by atoms with Crippen molar-refractivity contribution in [3.8, 4) is 0 Å². The van der Waals surface area contributed by atoms with Crippen LogP contribution in [0.3, 0.4) is 0 Å². The number of imidazole rings is 1. The van der Waals surface area contributed by atoms with E-state index in [2.05, 4.69) is 55.3 Å². The zero-order valence-corrected chi connectivity index (χ0v) is 25.6. The van der Waals surface area contributed by atoms with Crippen molar-refractivity contribution < 1.29 is 14.9 Å². The first-order valence-electron chi connectivity index (χ1n) is 15.9. The van der Waals surface area contributed by atoms with Crippen molar-refractivity contribution in [3.05, 3.63) is 83.9 Å². The van der Waals surface area contributed by atoms with E-state index in [1.807, 2.05) is 43.3 Å². The normalized spacial score (nSPS) is 24.9. The number of nitrogens with zero attached hydrogens (tertiary/aromatic N) is 8. The monoisotopic (exact) mass is 625 g/mol. The van der Waals surface area contributed by atoms with Crippen molar-refractivity contribution in [2.24, 2.45) is 5.73 Å². The molecule has 2 aromatic carbocycles. The molecule has 5 aromatic rings. The highest BCUT2D eigenvalue weighted by molar-refractivity contribution is 5.84. The summed E-state index contributed by atoms with van der Waals surface area (Å²) in [7, 11) is 0. The van der Waals surface area contributed by atoms with Crippen LogP contribution in [0, 0.1) is 0 Å². The van der Waals surface area contributed by atoms with Gasteiger partial charge in [-0.2, -0.15) is 14.8 Å². The van der Waals surface area contributed by atoms with Gasteiger partial charge in [-0.15, -0.1) is 10.2 Å². The molecule has 4 heterocycles. The smallest absolute Gasteiger partial charge is 0.227 e. The van der Waals surface area contributed by atoms with Gasteiger partial charge in [0, 0.05) is 24.5 Å². The predicted molar refractivity (Wildman–Crippen MR) is 171 cm³/mol. The van der Waals surface area contributed by atoms with E-state index in [0.29, 0.717) is 36.0 Å². The van der Waals surface area contributed by atoms with Crippen molar-refractivity contribution in [1.29, 1.82) is 0 Å². The number of aromatic nitrogens is 8. The van der Waals surface area contributed by atoms with Crippen molar-refractivity contribution >= 4 is 22.9 Å². The zero-order chi connectivity index (χ0) is 31.6. The van der Waals surface area contributed by atoms with E-state index in [1.165, 1.54) is 15.9 Å². The third-order valence-electron chi connectivity index (χ3n) is 8.92. The van der Waals surface area contributed by atoms with Crippen molar-refractivity contribution in [2.75, 3.05) is 17.2 Å². The molecule has 4 unspecified atom stereocenters. The number of benzene rings is 2. The fraction of sp³-hybridized carbons (Fsp3) is 0.438. The predicted octanol–water partition coefficient (Wildman–Crippen LogP) is 2.75. The van der Waals surface area contributed by atoms with Crippen LogP contribution in [-0.4, -0.2) is 80.8 Å². The van der Waals surface area contributed by atoms with Gasteiger partial charge in [0.15, 0.2) is 29.3 Å².